The molecule has 0 unspecified atom stereocenters. The monoisotopic (exact) mass is 160 g/mol. The highest BCUT2D eigenvalue weighted by molar-refractivity contribution is 5.31. The van der Waals surface area contributed by atoms with Crippen molar-refractivity contribution >= 4 is 0 Å². The summed E-state index contributed by atoms with van der Waals surface area (Å²) in [6.07, 6.45) is 4.41. The van der Waals surface area contributed by atoms with Crippen LogP contribution in [0.1, 0.15) is 23.7 Å². The Bertz CT molecular complexity index is 308. The second-order valence-corrected chi connectivity index (χ2v) is 3.72. The van der Waals surface area contributed by atoms with Gasteiger partial charge in [-0.3, -0.25) is 4.98 Å². The molecule has 1 N–H and O–H groups in total. The Hall–Kier alpha value is -0.890. The van der Waals surface area contributed by atoms with E-state index in [2.05, 4.69) is 16.4 Å². The van der Waals surface area contributed by atoms with Crippen LogP contribution >= 0.6 is 0 Å². The van der Waals surface area contributed by atoms with E-state index >= 15 is 0 Å². The van der Waals surface area contributed by atoms with Gasteiger partial charge in [0.05, 0.1) is 0 Å². The number of rotatable bonds is 0. The van der Waals surface area contributed by atoms with E-state index < -0.39 is 0 Å². The van der Waals surface area contributed by atoms with E-state index in [0.29, 0.717) is 6.04 Å². The lowest BCUT2D eigenvalue weighted by Gasteiger charge is -2.08. The lowest BCUT2D eigenvalue weighted by molar-refractivity contribution is 0.503. The average Bonchev–Trinajstić information content (AvgIpc) is 2.62. The standard InChI is InChI=1S/C10H12N2/c1-2-8-9(11-4-1)6-7-3-5-12-10(7)8/h1-2,4,7,10,12H,3,5-6H2/t7-,10-/m1/s1. The number of pyridine rings is 1. The van der Waals surface area contributed by atoms with E-state index in [-0.39, 0.29) is 0 Å². The van der Waals surface area contributed by atoms with Crippen LogP contribution in [0, 0.1) is 5.92 Å². The molecule has 2 heteroatoms. The molecule has 0 aromatic carbocycles. The zero-order valence-corrected chi connectivity index (χ0v) is 6.96. The summed E-state index contributed by atoms with van der Waals surface area (Å²) in [4.78, 5) is 4.40. The van der Waals surface area contributed by atoms with E-state index in [1.807, 2.05) is 12.3 Å². The molecule has 2 nitrogen and oxygen atoms in total. The maximum Gasteiger partial charge on any atom is 0.0454 e. The van der Waals surface area contributed by atoms with E-state index in [0.717, 1.165) is 5.92 Å². The SMILES string of the molecule is c1cnc2c(c1)[C@@H]1NCC[C@@H]1C2. The average molecular weight is 160 g/mol. The molecule has 1 aromatic rings. The molecule has 62 valence electrons. The summed E-state index contributed by atoms with van der Waals surface area (Å²) < 4.78 is 0. The number of nitrogens with one attached hydrogen (secondary N) is 1. The van der Waals surface area contributed by atoms with Gasteiger partial charge in [-0.05, 0) is 36.9 Å². The largest absolute Gasteiger partial charge is 0.310 e. The van der Waals surface area contributed by atoms with Crippen LogP contribution in [-0.4, -0.2) is 11.5 Å². The first-order valence-corrected chi connectivity index (χ1v) is 4.62. The van der Waals surface area contributed by atoms with Crippen LogP contribution < -0.4 is 5.32 Å². The van der Waals surface area contributed by atoms with Crippen LogP contribution in [-0.2, 0) is 6.42 Å². The third-order valence-electron chi connectivity index (χ3n) is 3.07. The van der Waals surface area contributed by atoms with Crippen molar-refractivity contribution in [2.24, 2.45) is 5.92 Å². The molecular weight excluding hydrogens is 148 g/mol. The highest BCUT2D eigenvalue weighted by Crippen LogP contribution is 2.39. The van der Waals surface area contributed by atoms with E-state index in [1.165, 1.54) is 30.6 Å². The minimum atomic E-state index is 0.619. The number of nitrogens with zero attached hydrogens (tertiary/aromatic N) is 1. The van der Waals surface area contributed by atoms with Crippen molar-refractivity contribution in [2.75, 3.05) is 6.54 Å². The zero-order valence-electron chi connectivity index (χ0n) is 6.96. The second-order valence-electron chi connectivity index (χ2n) is 3.72. The van der Waals surface area contributed by atoms with Gasteiger partial charge in [-0.25, -0.2) is 0 Å². The van der Waals surface area contributed by atoms with Gasteiger partial charge in [0.25, 0.3) is 0 Å². The van der Waals surface area contributed by atoms with Crippen LogP contribution in [0.3, 0.4) is 0 Å². The summed E-state index contributed by atoms with van der Waals surface area (Å²) in [5.74, 6) is 0.829. The van der Waals surface area contributed by atoms with E-state index in [4.69, 9.17) is 0 Å². The van der Waals surface area contributed by atoms with Gasteiger partial charge in [0.1, 0.15) is 0 Å². The fraction of sp³-hybridized carbons (Fsp3) is 0.500. The Morgan fingerprint density at radius 3 is 3.50 bits per heavy atom. The van der Waals surface area contributed by atoms with Gasteiger partial charge in [0.15, 0.2) is 0 Å². The molecule has 0 radical (unpaired) electrons. The van der Waals surface area contributed by atoms with Gasteiger partial charge < -0.3 is 5.32 Å². The number of hydrogen-bond donors (Lipinski definition) is 1. The topological polar surface area (TPSA) is 24.9 Å². The highest BCUT2D eigenvalue weighted by Gasteiger charge is 2.35. The molecule has 2 aliphatic rings. The number of aromatic nitrogens is 1. The van der Waals surface area contributed by atoms with Gasteiger partial charge >= 0.3 is 0 Å². The molecule has 2 atom stereocenters. The second kappa shape index (κ2) is 2.30. The van der Waals surface area contributed by atoms with Gasteiger partial charge in [0.2, 0.25) is 0 Å². The number of fused-ring (bicyclic) bond motifs is 3. The third kappa shape index (κ3) is 0.758. The summed E-state index contributed by atoms with van der Waals surface area (Å²) in [5, 5.41) is 3.53. The summed E-state index contributed by atoms with van der Waals surface area (Å²) in [5.41, 5.74) is 2.76. The first-order valence-electron chi connectivity index (χ1n) is 4.62. The van der Waals surface area contributed by atoms with Crippen LogP contribution in [0.15, 0.2) is 18.3 Å². The van der Waals surface area contributed by atoms with Gasteiger partial charge in [-0.2, -0.15) is 0 Å². The van der Waals surface area contributed by atoms with Gasteiger partial charge in [-0.1, -0.05) is 6.07 Å². The highest BCUT2D eigenvalue weighted by atomic mass is 15.0. The Morgan fingerprint density at radius 2 is 2.50 bits per heavy atom. The lowest BCUT2D eigenvalue weighted by Crippen LogP contribution is -2.13. The molecule has 0 spiro atoms. The molecule has 0 bridgehead atoms. The van der Waals surface area contributed by atoms with Gasteiger partial charge in [-0.15, -0.1) is 0 Å². The number of hydrogen-bond acceptors (Lipinski definition) is 2. The zero-order chi connectivity index (χ0) is 7.97. The molecule has 0 saturated carbocycles. The quantitative estimate of drug-likeness (QED) is 0.618. The molecule has 1 saturated heterocycles. The minimum Gasteiger partial charge on any atom is -0.310 e. The van der Waals surface area contributed by atoms with Crippen molar-refractivity contribution in [1.29, 1.82) is 0 Å². The van der Waals surface area contributed by atoms with Crippen LogP contribution in [0.4, 0.5) is 0 Å². The molecule has 3 rings (SSSR count). The predicted molar refractivity (Wildman–Crippen MR) is 46.8 cm³/mol. The molecule has 0 amide bonds. The molecule has 1 aliphatic heterocycles. The van der Waals surface area contributed by atoms with Crippen molar-refractivity contribution in [3.05, 3.63) is 29.6 Å². The van der Waals surface area contributed by atoms with E-state index in [9.17, 15) is 0 Å². The molecule has 1 aliphatic carbocycles. The van der Waals surface area contributed by atoms with Crippen LogP contribution in [0.5, 0.6) is 0 Å². The molecule has 1 aromatic heterocycles. The first-order chi connectivity index (χ1) is 5.95. The smallest absolute Gasteiger partial charge is 0.0454 e. The minimum absolute atomic E-state index is 0.619. The predicted octanol–water partition coefficient (Wildman–Crippen LogP) is 1.29. The fourth-order valence-corrected chi connectivity index (χ4v) is 2.49. The van der Waals surface area contributed by atoms with Crippen molar-refractivity contribution in [3.63, 3.8) is 0 Å². The maximum atomic E-state index is 4.40. The Kier molecular flexibility index (Phi) is 1.27. The molecular formula is C10H12N2. The summed E-state index contributed by atoms with van der Waals surface area (Å²) in [6.45, 7) is 1.18. The van der Waals surface area contributed by atoms with Crippen molar-refractivity contribution < 1.29 is 0 Å². The van der Waals surface area contributed by atoms with Crippen molar-refractivity contribution in [2.45, 2.75) is 18.9 Å². The molecule has 12 heavy (non-hydrogen) atoms. The lowest BCUT2D eigenvalue weighted by atomic mass is 10.0. The Morgan fingerprint density at radius 1 is 1.50 bits per heavy atom. The maximum absolute atomic E-state index is 4.40. The fourth-order valence-electron chi connectivity index (χ4n) is 2.49. The normalized spacial score (nSPS) is 31.7. The first kappa shape index (κ1) is 6.61. The van der Waals surface area contributed by atoms with Crippen molar-refractivity contribution in [1.82, 2.24) is 10.3 Å². The summed E-state index contributed by atoms with van der Waals surface area (Å²) in [7, 11) is 0. The molecule has 1 fully saturated rings. The summed E-state index contributed by atoms with van der Waals surface area (Å²) in [6, 6.07) is 4.88. The van der Waals surface area contributed by atoms with Crippen LogP contribution in [0.25, 0.3) is 0 Å². The molecule has 2 heterocycles. The Balaban J connectivity index is 2.09. The van der Waals surface area contributed by atoms with Gasteiger partial charge in [0, 0.05) is 17.9 Å². The van der Waals surface area contributed by atoms with Crippen molar-refractivity contribution in [3.8, 4) is 0 Å². The third-order valence-corrected chi connectivity index (χ3v) is 3.07. The van der Waals surface area contributed by atoms with Crippen LogP contribution in [0.2, 0.25) is 0 Å². The summed E-state index contributed by atoms with van der Waals surface area (Å²) >= 11 is 0. The van der Waals surface area contributed by atoms with E-state index in [1.54, 1.807) is 0 Å². The Labute approximate surface area is 72.0 Å².